The van der Waals surface area contributed by atoms with Gasteiger partial charge in [0.05, 0.1) is 12.8 Å². The molecule has 0 atom stereocenters. The van der Waals surface area contributed by atoms with Crippen LogP contribution < -0.4 is 9.46 Å². The molecule has 0 aliphatic carbocycles. The van der Waals surface area contributed by atoms with E-state index in [0.29, 0.717) is 23.1 Å². The van der Waals surface area contributed by atoms with Crippen LogP contribution in [0.2, 0.25) is 0 Å². The Hall–Kier alpha value is -3.77. The lowest BCUT2D eigenvalue weighted by Crippen LogP contribution is -2.15. The van der Waals surface area contributed by atoms with Crippen molar-refractivity contribution in [2.75, 3.05) is 11.8 Å². The number of ether oxygens (including phenoxy) is 2. The van der Waals surface area contributed by atoms with E-state index in [-0.39, 0.29) is 9.77 Å². The highest BCUT2D eigenvalue weighted by Crippen LogP contribution is 2.27. The van der Waals surface area contributed by atoms with Crippen LogP contribution in [0.1, 0.15) is 21.1 Å². The van der Waals surface area contributed by atoms with E-state index >= 15 is 0 Å². The normalized spacial score (nSPS) is 11.2. The number of rotatable bonds is 7. The summed E-state index contributed by atoms with van der Waals surface area (Å²) in [6, 6.07) is 9.32. The van der Waals surface area contributed by atoms with Crippen molar-refractivity contribution in [3.05, 3.63) is 70.7 Å². The van der Waals surface area contributed by atoms with Crippen LogP contribution in [0, 0.1) is 13.8 Å². The fourth-order valence-corrected chi connectivity index (χ4v) is 5.31. The van der Waals surface area contributed by atoms with Gasteiger partial charge < -0.3 is 9.47 Å². The van der Waals surface area contributed by atoms with Crippen molar-refractivity contribution in [2.45, 2.75) is 18.7 Å². The van der Waals surface area contributed by atoms with Crippen molar-refractivity contribution in [1.29, 1.82) is 0 Å². The van der Waals surface area contributed by atoms with E-state index in [0.717, 1.165) is 22.7 Å². The molecule has 12 heteroatoms. The fourth-order valence-electron chi connectivity index (χ4n) is 2.92. The summed E-state index contributed by atoms with van der Waals surface area (Å²) >= 11 is 0.994. The van der Waals surface area contributed by atoms with Crippen LogP contribution in [0.25, 0.3) is 5.82 Å². The van der Waals surface area contributed by atoms with Crippen LogP contribution in [-0.2, 0) is 14.8 Å². The number of sulfonamides is 1. The number of benzene rings is 1. The number of nitrogens with zero attached hydrogens (tertiary/aromatic N) is 4. The smallest absolute Gasteiger partial charge is 0.349 e. The summed E-state index contributed by atoms with van der Waals surface area (Å²) < 4.78 is 40.1. The van der Waals surface area contributed by atoms with Gasteiger partial charge in [0.2, 0.25) is 5.88 Å². The first kappa shape index (κ1) is 22.4. The third-order valence-electron chi connectivity index (χ3n) is 4.74. The van der Waals surface area contributed by atoms with Gasteiger partial charge in [-0.3, -0.25) is 9.29 Å². The Bertz CT molecular complexity index is 1410. The maximum atomic E-state index is 12.7. The third-order valence-corrected chi connectivity index (χ3v) is 7.19. The molecular formula is C21H19N5O5S2. The lowest BCUT2D eigenvalue weighted by atomic mass is 10.3. The average Bonchev–Trinajstić information content (AvgIpc) is 3.43. The SMILES string of the molecule is COC(=O)c1sccc1S(=O)(=O)Nc1ccc(Oc2cc(-n3cnc(C)c3C)ncn2)cc1. The molecule has 170 valence electrons. The molecule has 3 heterocycles. The van der Waals surface area contributed by atoms with Crippen LogP contribution >= 0.6 is 11.3 Å². The van der Waals surface area contributed by atoms with E-state index in [2.05, 4.69) is 24.4 Å². The topological polar surface area (TPSA) is 125 Å². The average molecular weight is 486 g/mol. The van der Waals surface area contributed by atoms with E-state index in [1.807, 2.05) is 18.4 Å². The molecule has 0 fully saturated rings. The van der Waals surface area contributed by atoms with Gasteiger partial charge in [0.25, 0.3) is 10.0 Å². The number of aryl methyl sites for hydroxylation is 1. The number of hydrogen-bond donors (Lipinski definition) is 1. The van der Waals surface area contributed by atoms with Gasteiger partial charge in [-0.15, -0.1) is 11.3 Å². The lowest BCUT2D eigenvalue weighted by molar-refractivity contribution is 0.0602. The number of carbonyl (C=O) groups is 1. The van der Waals surface area contributed by atoms with Gasteiger partial charge in [-0.1, -0.05) is 0 Å². The second-order valence-electron chi connectivity index (χ2n) is 6.84. The maximum Gasteiger partial charge on any atom is 0.349 e. The van der Waals surface area contributed by atoms with Gasteiger partial charge in [-0.25, -0.2) is 28.2 Å². The summed E-state index contributed by atoms with van der Waals surface area (Å²) in [6.07, 6.45) is 3.07. The van der Waals surface area contributed by atoms with Crippen molar-refractivity contribution in [1.82, 2.24) is 19.5 Å². The molecule has 3 aromatic heterocycles. The molecule has 0 saturated heterocycles. The molecule has 0 aliphatic rings. The number of hydrogen-bond acceptors (Lipinski definition) is 9. The van der Waals surface area contributed by atoms with E-state index in [4.69, 9.17) is 4.74 Å². The van der Waals surface area contributed by atoms with Crippen molar-refractivity contribution >= 4 is 33.0 Å². The van der Waals surface area contributed by atoms with Crippen molar-refractivity contribution in [3.8, 4) is 17.4 Å². The molecule has 0 aliphatic heterocycles. The van der Waals surface area contributed by atoms with Crippen LogP contribution in [0.15, 0.2) is 59.3 Å². The molecule has 0 saturated carbocycles. The summed E-state index contributed by atoms with van der Waals surface area (Å²) in [4.78, 5) is 24.3. The fraction of sp³-hybridized carbons (Fsp3) is 0.143. The van der Waals surface area contributed by atoms with Gasteiger partial charge in [0, 0.05) is 17.4 Å². The predicted octanol–water partition coefficient (Wildman–Crippen LogP) is 3.72. The first-order valence-electron chi connectivity index (χ1n) is 9.58. The second kappa shape index (κ2) is 9.00. The number of imidazole rings is 1. The molecular weight excluding hydrogens is 466 g/mol. The summed E-state index contributed by atoms with van der Waals surface area (Å²) in [5.41, 5.74) is 2.16. The Morgan fingerprint density at radius 2 is 1.85 bits per heavy atom. The van der Waals surface area contributed by atoms with E-state index in [1.54, 1.807) is 36.7 Å². The van der Waals surface area contributed by atoms with Gasteiger partial charge >= 0.3 is 5.97 Å². The van der Waals surface area contributed by atoms with Gasteiger partial charge in [0.15, 0.2) is 0 Å². The second-order valence-corrected chi connectivity index (χ2v) is 9.40. The predicted molar refractivity (Wildman–Crippen MR) is 122 cm³/mol. The van der Waals surface area contributed by atoms with Crippen LogP contribution in [0.3, 0.4) is 0 Å². The molecule has 0 amide bonds. The monoisotopic (exact) mass is 485 g/mol. The lowest BCUT2D eigenvalue weighted by Gasteiger charge is -2.10. The van der Waals surface area contributed by atoms with Gasteiger partial charge in [0.1, 0.15) is 34.0 Å². The Balaban J connectivity index is 1.49. The maximum absolute atomic E-state index is 12.7. The Kier molecular flexibility index (Phi) is 6.11. The molecule has 4 rings (SSSR count). The molecule has 0 radical (unpaired) electrons. The highest BCUT2D eigenvalue weighted by molar-refractivity contribution is 7.93. The molecule has 1 N–H and O–H groups in total. The standard InChI is InChI=1S/C21H19N5O5S2/c1-13-14(2)26(12-24-13)18-10-19(23-11-22-18)31-16-6-4-15(5-7-16)25-33(28,29)17-8-9-32-20(17)21(27)30-3/h4-12,25H,1-3H3. The first-order valence-corrected chi connectivity index (χ1v) is 11.9. The molecule has 1 aromatic carbocycles. The zero-order valence-corrected chi connectivity index (χ0v) is 19.5. The number of thiophene rings is 1. The van der Waals surface area contributed by atoms with Gasteiger partial charge in [-0.05, 0) is 49.6 Å². The number of carbonyl (C=O) groups excluding carboxylic acids is 1. The molecule has 4 aromatic rings. The van der Waals surface area contributed by atoms with E-state index in [1.165, 1.54) is 24.9 Å². The van der Waals surface area contributed by atoms with Gasteiger partial charge in [-0.2, -0.15) is 0 Å². The minimum Gasteiger partial charge on any atom is -0.465 e. The summed E-state index contributed by atoms with van der Waals surface area (Å²) in [6.45, 7) is 3.85. The zero-order valence-electron chi connectivity index (χ0n) is 17.8. The highest BCUT2D eigenvalue weighted by Gasteiger charge is 2.24. The van der Waals surface area contributed by atoms with E-state index in [9.17, 15) is 13.2 Å². The Labute approximate surface area is 193 Å². The Morgan fingerprint density at radius 3 is 2.52 bits per heavy atom. The number of anilines is 1. The first-order chi connectivity index (χ1) is 15.8. The van der Waals surface area contributed by atoms with E-state index < -0.39 is 16.0 Å². The zero-order chi connectivity index (χ0) is 23.6. The minimum atomic E-state index is -3.98. The number of aromatic nitrogens is 4. The quantitative estimate of drug-likeness (QED) is 0.393. The summed E-state index contributed by atoms with van der Waals surface area (Å²) in [5, 5.41) is 1.51. The van der Waals surface area contributed by atoms with Crippen molar-refractivity contribution < 1.29 is 22.7 Å². The van der Waals surface area contributed by atoms with Crippen LogP contribution in [-0.4, -0.2) is 41.0 Å². The third kappa shape index (κ3) is 4.71. The molecule has 0 spiro atoms. The highest BCUT2D eigenvalue weighted by atomic mass is 32.2. The summed E-state index contributed by atoms with van der Waals surface area (Å²) in [7, 11) is -2.78. The number of methoxy groups -OCH3 is 1. The van der Waals surface area contributed by atoms with Crippen LogP contribution in [0.4, 0.5) is 5.69 Å². The summed E-state index contributed by atoms with van der Waals surface area (Å²) in [5.74, 6) is 0.672. The van der Waals surface area contributed by atoms with Crippen LogP contribution in [0.5, 0.6) is 11.6 Å². The minimum absolute atomic E-state index is 0.00726. The molecule has 33 heavy (non-hydrogen) atoms. The molecule has 10 nitrogen and oxygen atoms in total. The largest absolute Gasteiger partial charge is 0.465 e. The molecule has 0 unspecified atom stereocenters. The number of esters is 1. The van der Waals surface area contributed by atoms with Crippen molar-refractivity contribution in [3.63, 3.8) is 0 Å². The number of nitrogens with one attached hydrogen (secondary N) is 1. The van der Waals surface area contributed by atoms with Crippen molar-refractivity contribution in [2.24, 2.45) is 0 Å². The Morgan fingerprint density at radius 1 is 1.09 bits per heavy atom. The molecule has 0 bridgehead atoms.